The predicted octanol–water partition coefficient (Wildman–Crippen LogP) is 2.62. The minimum atomic E-state index is 0.747. The average molecular weight is 358 g/mol. The van der Waals surface area contributed by atoms with E-state index in [2.05, 4.69) is 29.2 Å². The molecule has 7 nitrogen and oxygen atoms in total. The number of hydrogen-bond acceptors (Lipinski definition) is 7. The van der Waals surface area contributed by atoms with E-state index in [0.717, 1.165) is 60.4 Å². The van der Waals surface area contributed by atoms with Crippen LogP contribution >= 0.6 is 11.3 Å². The van der Waals surface area contributed by atoms with Gasteiger partial charge in [-0.2, -0.15) is 5.10 Å². The Morgan fingerprint density at radius 1 is 1.24 bits per heavy atom. The largest absolute Gasteiger partial charge is 0.379 e. The molecule has 0 aliphatic carbocycles. The lowest BCUT2D eigenvalue weighted by atomic mass is 10.2. The second kappa shape index (κ2) is 6.70. The van der Waals surface area contributed by atoms with Crippen LogP contribution in [0.3, 0.4) is 0 Å². The van der Waals surface area contributed by atoms with Gasteiger partial charge in [-0.3, -0.25) is 9.58 Å². The summed E-state index contributed by atoms with van der Waals surface area (Å²) in [5.74, 6) is 1.71. The minimum Gasteiger partial charge on any atom is -0.379 e. The molecule has 1 aliphatic rings. The summed E-state index contributed by atoms with van der Waals surface area (Å²) in [5, 5.41) is 8.76. The van der Waals surface area contributed by atoms with E-state index in [1.807, 2.05) is 19.4 Å². The maximum absolute atomic E-state index is 5.43. The molecule has 0 aromatic carbocycles. The number of morpholine rings is 1. The van der Waals surface area contributed by atoms with Crippen LogP contribution in [0.25, 0.3) is 10.2 Å². The fourth-order valence-electron chi connectivity index (χ4n) is 3.04. The van der Waals surface area contributed by atoms with E-state index in [1.54, 1.807) is 16.0 Å². The van der Waals surface area contributed by atoms with Gasteiger partial charge < -0.3 is 10.1 Å². The second-order valence-corrected chi connectivity index (χ2v) is 7.57. The van der Waals surface area contributed by atoms with Gasteiger partial charge in [0, 0.05) is 31.2 Å². The van der Waals surface area contributed by atoms with Crippen molar-refractivity contribution >= 4 is 33.1 Å². The Morgan fingerprint density at radius 2 is 2.04 bits per heavy atom. The first-order chi connectivity index (χ1) is 12.1. The van der Waals surface area contributed by atoms with E-state index in [0.29, 0.717) is 0 Å². The van der Waals surface area contributed by atoms with Crippen molar-refractivity contribution in [2.75, 3.05) is 31.6 Å². The van der Waals surface area contributed by atoms with Crippen molar-refractivity contribution in [1.82, 2.24) is 24.6 Å². The van der Waals surface area contributed by atoms with Crippen LogP contribution in [0.15, 0.2) is 12.4 Å². The molecule has 0 unspecified atom stereocenters. The number of anilines is 2. The zero-order chi connectivity index (χ0) is 17.4. The highest BCUT2D eigenvalue weighted by molar-refractivity contribution is 7.18. The molecule has 0 amide bonds. The molecule has 0 atom stereocenters. The van der Waals surface area contributed by atoms with Gasteiger partial charge in [0.25, 0.3) is 0 Å². The third-order valence-corrected chi connectivity index (χ3v) is 5.61. The highest BCUT2D eigenvalue weighted by Gasteiger charge is 2.18. The van der Waals surface area contributed by atoms with Crippen molar-refractivity contribution in [1.29, 1.82) is 0 Å². The first-order valence-electron chi connectivity index (χ1n) is 8.42. The monoisotopic (exact) mass is 358 g/mol. The summed E-state index contributed by atoms with van der Waals surface area (Å²) in [7, 11) is 1.91. The van der Waals surface area contributed by atoms with Crippen LogP contribution in [-0.2, 0) is 18.3 Å². The number of nitrogens with one attached hydrogen (secondary N) is 1. The van der Waals surface area contributed by atoms with E-state index in [9.17, 15) is 0 Å². The molecule has 0 saturated carbocycles. The van der Waals surface area contributed by atoms with Gasteiger partial charge >= 0.3 is 0 Å². The lowest BCUT2D eigenvalue weighted by Crippen LogP contribution is -2.36. The van der Waals surface area contributed by atoms with Crippen molar-refractivity contribution in [3.8, 4) is 0 Å². The lowest BCUT2D eigenvalue weighted by Gasteiger charge is -2.25. The van der Waals surface area contributed by atoms with E-state index >= 15 is 0 Å². The molecule has 8 heteroatoms. The fourth-order valence-corrected chi connectivity index (χ4v) is 4.08. The Morgan fingerprint density at radius 3 is 2.76 bits per heavy atom. The number of ether oxygens (including phenoxy) is 1. The molecule has 4 rings (SSSR count). The van der Waals surface area contributed by atoms with Crippen molar-refractivity contribution in [3.05, 3.63) is 28.7 Å². The Labute approximate surface area is 150 Å². The fraction of sp³-hybridized carbons (Fsp3) is 0.471. The molecule has 132 valence electrons. The molecule has 0 bridgehead atoms. The van der Waals surface area contributed by atoms with Crippen LogP contribution in [0.2, 0.25) is 0 Å². The third kappa shape index (κ3) is 3.37. The van der Waals surface area contributed by atoms with Gasteiger partial charge in [-0.1, -0.05) is 0 Å². The van der Waals surface area contributed by atoms with Crippen molar-refractivity contribution < 1.29 is 4.74 Å². The van der Waals surface area contributed by atoms with E-state index in [1.165, 1.54) is 10.4 Å². The highest BCUT2D eigenvalue weighted by Crippen LogP contribution is 2.34. The number of fused-ring (bicyclic) bond motifs is 1. The molecule has 1 aliphatic heterocycles. The van der Waals surface area contributed by atoms with Gasteiger partial charge in [0.05, 0.1) is 37.0 Å². The summed E-state index contributed by atoms with van der Waals surface area (Å²) in [6, 6.07) is 0. The van der Waals surface area contributed by atoms with Gasteiger partial charge in [-0.05, 0) is 19.4 Å². The number of nitrogens with zero attached hydrogens (tertiary/aromatic N) is 5. The van der Waals surface area contributed by atoms with Crippen LogP contribution in [-0.4, -0.2) is 51.0 Å². The first kappa shape index (κ1) is 16.4. The highest BCUT2D eigenvalue weighted by atomic mass is 32.1. The van der Waals surface area contributed by atoms with Gasteiger partial charge in [-0.25, -0.2) is 9.97 Å². The Balaban J connectivity index is 1.72. The molecule has 25 heavy (non-hydrogen) atoms. The molecular weight excluding hydrogens is 336 g/mol. The standard InChI is InChI=1S/C17H22N6OS/c1-11-12(2)25-17-15(11)16(19-13-8-18-22(3)9-13)20-14(21-17)10-23-4-6-24-7-5-23/h8-9H,4-7,10H2,1-3H3,(H,19,20,21). The number of hydrogen-bond donors (Lipinski definition) is 1. The van der Waals surface area contributed by atoms with Crippen molar-refractivity contribution in [3.63, 3.8) is 0 Å². The smallest absolute Gasteiger partial charge is 0.146 e. The summed E-state index contributed by atoms with van der Waals surface area (Å²) >= 11 is 1.73. The molecule has 0 radical (unpaired) electrons. The maximum Gasteiger partial charge on any atom is 0.146 e. The number of aromatic nitrogens is 4. The van der Waals surface area contributed by atoms with Gasteiger partial charge in [-0.15, -0.1) is 11.3 Å². The van der Waals surface area contributed by atoms with Crippen molar-refractivity contribution in [2.24, 2.45) is 7.05 Å². The van der Waals surface area contributed by atoms with Crippen LogP contribution < -0.4 is 5.32 Å². The van der Waals surface area contributed by atoms with Gasteiger partial charge in [0.1, 0.15) is 16.5 Å². The summed E-state index contributed by atoms with van der Waals surface area (Å²) < 4.78 is 7.21. The third-order valence-electron chi connectivity index (χ3n) is 4.51. The lowest BCUT2D eigenvalue weighted by molar-refractivity contribution is 0.0331. The zero-order valence-electron chi connectivity index (χ0n) is 14.7. The Hall–Kier alpha value is -2.03. The molecule has 1 saturated heterocycles. The maximum atomic E-state index is 5.43. The quantitative estimate of drug-likeness (QED) is 0.773. The number of rotatable bonds is 4. The van der Waals surface area contributed by atoms with Crippen LogP contribution in [0.5, 0.6) is 0 Å². The van der Waals surface area contributed by atoms with E-state index in [4.69, 9.17) is 14.7 Å². The Kier molecular flexibility index (Phi) is 4.41. The second-order valence-electron chi connectivity index (χ2n) is 6.37. The summed E-state index contributed by atoms with van der Waals surface area (Å²) in [6.07, 6.45) is 3.76. The summed E-state index contributed by atoms with van der Waals surface area (Å²) in [5.41, 5.74) is 2.17. The van der Waals surface area contributed by atoms with E-state index in [-0.39, 0.29) is 0 Å². The summed E-state index contributed by atoms with van der Waals surface area (Å²) in [6.45, 7) is 8.42. The van der Waals surface area contributed by atoms with Crippen LogP contribution in [0.4, 0.5) is 11.5 Å². The normalized spacial score (nSPS) is 15.8. The molecule has 3 aromatic rings. The molecule has 4 heterocycles. The van der Waals surface area contributed by atoms with E-state index < -0.39 is 0 Å². The molecular formula is C17H22N6OS. The number of aryl methyl sites for hydroxylation is 3. The average Bonchev–Trinajstić information content (AvgIpc) is 3.12. The van der Waals surface area contributed by atoms with Crippen LogP contribution in [0, 0.1) is 13.8 Å². The number of thiophene rings is 1. The molecule has 1 N–H and O–H groups in total. The SMILES string of the molecule is Cc1sc2nc(CN3CCOCC3)nc(Nc3cnn(C)c3)c2c1C. The zero-order valence-corrected chi connectivity index (χ0v) is 15.6. The minimum absolute atomic E-state index is 0.747. The Bertz CT molecular complexity index is 896. The van der Waals surface area contributed by atoms with Crippen LogP contribution in [0.1, 0.15) is 16.3 Å². The molecule has 0 spiro atoms. The first-order valence-corrected chi connectivity index (χ1v) is 9.24. The topological polar surface area (TPSA) is 68.1 Å². The van der Waals surface area contributed by atoms with Gasteiger partial charge in [0.2, 0.25) is 0 Å². The summed E-state index contributed by atoms with van der Waals surface area (Å²) in [4.78, 5) is 14.3. The molecule has 3 aromatic heterocycles. The van der Waals surface area contributed by atoms with Crippen molar-refractivity contribution in [2.45, 2.75) is 20.4 Å². The van der Waals surface area contributed by atoms with Gasteiger partial charge in [0.15, 0.2) is 0 Å². The molecule has 1 fully saturated rings. The predicted molar refractivity (Wildman–Crippen MR) is 99.5 cm³/mol.